The van der Waals surface area contributed by atoms with Gasteiger partial charge in [-0.15, -0.1) is 0 Å². The first-order chi connectivity index (χ1) is 9.74. The molecular formula is C17H35N3. The van der Waals surface area contributed by atoms with E-state index in [9.17, 15) is 0 Å². The Morgan fingerprint density at radius 1 is 1.20 bits per heavy atom. The fraction of sp³-hybridized carbons (Fsp3) is 1.00. The average Bonchev–Trinajstić information content (AvgIpc) is 2.46. The van der Waals surface area contributed by atoms with Crippen LogP contribution >= 0.6 is 0 Å². The van der Waals surface area contributed by atoms with Gasteiger partial charge in [0.05, 0.1) is 0 Å². The van der Waals surface area contributed by atoms with Gasteiger partial charge in [-0.1, -0.05) is 19.8 Å². The molecule has 2 rings (SSSR count). The Morgan fingerprint density at radius 3 is 2.80 bits per heavy atom. The zero-order valence-electron chi connectivity index (χ0n) is 13.7. The van der Waals surface area contributed by atoms with E-state index in [1.165, 1.54) is 71.1 Å². The van der Waals surface area contributed by atoms with Crippen molar-refractivity contribution in [3.05, 3.63) is 0 Å². The van der Waals surface area contributed by atoms with E-state index >= 15 is 0 Å². The maximum atomic E-state index is 5.70. The van der Waals surface area contributed by atoms with Gasteiger partial charge >= 0.3 is 0 Å². The summed E-state index contributed by atoms with van der Waals surface area (Å²) in [5.41, 5.74) is 5.70. The Morgan fingerprint density at radius 2 is 2.05 bits per heavy atom. The number of rotatable bonds is 7. The van der Waals surface area contributed by atoms with E-state index in [-0.39, 0.29) is 0 Å². The van der Waals surface area contributed by atoms with E-state index in [1.807, 2.05) is 0 Å². The Hall–Kier alpha value is -0.120. The second-order valence-corrected chi connectivity index (χ2v) is 6.98. The SMILES string of the molecule is CCC(CCN)CCCN1CC2CCCCN2CC1C. The molecule has 3 unspecified atom stereocenters. The molecule has 118 valence electrons. The average molecular weight is 281 g/mol. The summed E-state index contributed by atoms with van der Waals surface area (Å²) in [6.45, 7) is 10.8. The molecule has 0 aromatic carbocycles. The summed E-state index contributed by atoms with van der Waals surface area (Å²) < 4.78 is 0. The van der Waals surface area contributed by atoms with Crippen LogP contribution in [0, 0.1) is 5.92 Å². The first kappa shape index (κ1) is 16.3. The minimum Gasteiger partial charge on any atom is -0.330 e. The lowest BCUT2D eigenvalue weighted by Crippen LogP contribution is -2.58. The predicted molar refractivity (Wildman–Crippen MR) is 86.9 cm³/mol. The highest BCUT2D eigenvalue weighted by molar-refractivity contribution is 4.89. The molecule has 0 aliphatic carbocycles. The van der Waals surface area contributed by atoms with Crippen LogP contribution in [0.3, 0.4) is 0 Å². The van der Waals surface area contributed by atoms with Crippen LogP contribution in [0.25, 0.3) is 0 Å². The van der Waals surface area contributed by atoms with Gasteiger partial charge in [0.15, 0.2) is 0 Å². The smallest absolute Gasteiger partial charge is 0.0223 e. The summed E-state index contributed by atoms with van der Waals surface area (Å²) >= 11 is 0. The van der Waals surface area contributed by atoms with Gasteiger partial charge in [-0.25, -0.2) is 0 Å². The van der Waals surface area contributed by atoms with Crippen molar-refractivity contribution in [1.82, 2.24) is 9.80 Å². The van der Waals surface area contributed by atoms with Crippen LogP contribution in [0.5, 0.6) is 0 Å². The number of hydrogen-bond donors (Lipinski definition) is 1. The molecular weight excluding hydrogens is 246 g/mol. The van der Waals surface area contributed by atoms with Crippen molar-refractivity contribution < 1.29 is 0 Å². The van der Waals surface area contributed by atoms with Crippen molar-refractivity contribution in [2.24, 2.45) is 11.7 Å². The molecule has 0 aromatic heterocycles. The van der Waals surface area contributed by atoms with Crippen molar-refractivity contribution in [3.63, 3.8) is 0 Å². The lowest BCUT2D eigenvalue weighted by Gasteiger charge is -2.47. The lowest BCUT2D eigenvalue weighted by molar-refractivity contribution is 0.0141. The van der Waals surface area contributed by atoms with Crippen LogP contribution in [0.4, 0.5) is 0 Å². The van der Waals surface area contributed by atoms with Gasteiger partial charge < -0.3 is 5.73 Å². The third-order valence-corrected chi connectivity index (χ3v) is 5.53. The van der Waals surface area contributed by atoms with Gasteiger partial charge in [-0.05, 0) is 64.6 Å². The van der Waals surface area contributed by atoms with Crippen LogP contribution in [0.15, 0.2) is 0 Å². The molecule has 0 spiro atoms. The first-order valence-corrected chi connectivity index (χ1v) is 8.92. The van der Waals surface area contributed by atoms with E-state index in [0.29, 0.717) is 0 Å². The Labute approximate surface area is 125 Å². The van der Waals surface area contributed by atoms with Crippen LogP contribution in [0.1, 0.15) is 58.8 Å². The Bertz CT molecular complexity index is 269. The number of piperazine rings is 1. The molecule has 0 saturated carbocycles. The largest absolute Gasteiger partial charge is 0.330 e. The molecule has 2 saturated heterocycles. The van der Waals surface area contributed by atoms with Crippen molar-refractivity contribution in [3.8, 4) is 0 Å². The maximum Gasteiger partial charge on any atom is 0.0223 e. The molecule has 0 amide bonds. The van der Waals surface area contributed by atoms with Crippen LogP contribution in [0.2, 0.25) is 0 Å². The molecule has 2 fully saturated rings. The fourth-order valence-electron chi connectivity index (χ4n) is 4.10. The zero-order valence-corrected chi connectivity index (χ0v) is 13.7. The van der Waals surface area contributed by atoms with Gasteiger partial charge in [0.1, 0.15) is 0 Å². The molecule has 0 aromatic rings. The molecule has 2 N–H and O–H groups in total. The normalized spacial score (nSPS) is 30.1. The monoisotopic (exact) mass is 281 g/mol. The summed E-state index contributed by atoms with van der Waals surface area (Å²) in [6, 6.07) is 1.60. The Balaban J connectivity index is 1.72. The minimum absolute atomic E-state index is 0.749. The second kappa shape index (κ2) is 8.35. The highest BCUT2D eigenvalue weighted by Gasteiger charge is 2.32. The van der Waals surface area contributed by atoms with E-state index in [1.54, 1.807) is 0 Å². The lowest BCUT2D eigenvalue weighted by atomic mass is 9.95. The number of nitrogens with two attached hydrogens (primary N) is 1. The quantitative estimate of drug-likeness (QED) is 0.779. The standard InChI is InChI=1S/C17H35N3/c1-3-16(9-10-18)7-6-12-19-14-17-8-4-5-11-20(17)13-15(19)2/h15-17H,3-14,18H2,1-2H3. The molecule has 2 aliphatic rings. The highest BCUT2D eigenvalue weighted by Crippen LogP contribution is 2.24. The van der Waals surface area contributed by atoms with Crippen LogP contribution < -0.4 is 5.73 Å². The molecule has 3 heteroatoms. The van der Waals surface area contributed by atoms with Crippen molar-refractivity contribution in [2.45, 2.75) is 70.9 Å². The molecule has 3 atom stereocenters. The number of piperidine rings is 1. The molecule has 3 nitrogen and oxygen atoms in total. The number of fused-ring (bicyclic) bond motifs is 1. The molecule has 2 heterocycles. The van der Waals surface area contributed by atoms with Gasteiger partial charge in [0.2, 0.25) is 0 Å². The van der Waals surface area contributed by atoms with Gasteiger partial charge in [0, 0.05) is 25.2 Å². The first-order valence-electron chi connectivity index (χ1n) is 8.92. The highest BCUT2D eigenvalue weighted by atomic mass is 15.3. The summed E-state index contributed by atoms with van der Waals surface area (Å²) in [6.07, 6.45) is 9.51. The maximum absolute atomic E-state index is 5.70. The fourth-order valence-corrected chi connectivity index (χ4v) is 4.10. The third kappa shape index (κ3) is 4.44. The van der Waals surface area contributed by atoms with E-state index in [2.05, 4.69) is 23.6 Å². The topological polar surface area (TPSA) is 32.5 Å². The van der Waals surface area contributed by atoms with Gasteiger partial charge in [0.25, 0.3) is 0 Å². The molecule has 20 heavy (non-hydrogen) atoms. The molecule has 2 aliphatic heterocycles. The second-order valence-electron chi connectivity index (χ2n) is 6.98. The summed E-state index contributed by atoms with van der Waals surface area (Å²) in [7, 11) is 0. The zero-order chi connectivity index (χ0) is 14.4. The van der Waals surface area contributed by atoms with Gasteiger partial charge in [-0.2, -0.15) is 0 Å². The van der Waals surface area contributed by atoms with Crippen molar-refractivity contribution in [1.29, 1.82) is 0 Å². The van der Waals surface area contributed by atoms with E-state index in [4.69, 9.17) is 5.73 Å². The van der Waals surface area contributed by atoms with Crippen LogP contribution in [-0.2, 0) is 0 Å². The predicted octanol–water partition coefficient (Wildman–Crippen LogP) is 2.70. The summed E-state index contributed by atoms with van der Waals surface area (Å²) in [5, 5.41) is 0. The molecule has 0 radical (unpaired) electrons. The Kier molecular flexibility index (Phi) is 6.79. The summed E-state index contributed by atoms with van der Waals surface area (Å²) in [5.74, 6) is 0.853. The van der Waals surface area contributed by atoms with Gasteiger partial charge in [-0.3, -0.25) is 9.80 Å². The van der Waals surface area contributed by atoms with Crippen molar-refractivity contribution >= 4 is 0 Å². The summed E-state index contributed by atoms with van der Waals surface area (Å²) in [4.78, 5) is 5.50. The van der Waals surface area contributed by atoms with E-state index in [0.717, 1.165) is 24.5 Å². The number of hydrogen-bond acceptors (Lipinski definition) is 3. The third-order valence-electron chi connectivity index (χ3n) is 5.53. The van der Waals surface area contributed by atoms with E-state index < -0.39 is 0 Å². The van der Waals surface area contributed by atoms with Crippen molar-refractivity contribution in [2.75, 3.05) is 32.7 Å². The molecule has 0 bridgehead atoms. The van der Waals surface area contributed by atoms with Crippen LogP contribution in [-0.4, -0.2) is 54.6 Å². The number of nitrogens with zero attached hydrogens (tertiary/aromatic N) is 2. The minimum atomic E-state index is 0.749.